The van der Waals surface area contributed by atoms with Crippen LogP contribution >= 0.6 is 11.6 Å². The van der Waals surface area contributed by atoms with E-state index < -0.39 is 17.6 Å². The lowest BCUT2D eigenvalue weighted by atomic mass is 10.1. The Kier molecular flexibility index (Phi) is 5.65. The van der Waals surface area contributed by atoms with Crippen molar-refractivity contribution in [3.8, 4) is 17.1 Å². The Labute approximate surface area is 163 Å². The van der Waals surface area contributed by atoms with Gasteiger partial charge < -0.3 is 14.5 Å². The van der Waals surface area contributed by atoms with Crippen LogP contribution in [0.4, 0.5) is 18.9 Å². The van der Waals surface area contributed by atoms with Crippen molar-refractivity contribution in [2.75, 3.05) is 11.9 Å². The van der Waals surface area contributed by atoms with Gasteiger partial charge in [-0.05, 0) is 49.4 Å². The lowest BCUT2D eigenvalue weighted by Crippen LogP contribution is -2.12. The smallest absolute Gasteiger partial charge is 0.416 e. The quantitative estimate of drug-likeness (QED) is 0.540. The summed E-state index contributed by atoms with van der Waals surface area (Å²) >= 11 is 6.01. The Morgan fingerprint density at radius 2 is 1.89 bits per heavy atom. The second-order valence-electron chi connectivity index (χ2n) is 5.74. The highest BCUT2D eigenvalue weighted by atomic mass is 35.5. The van der Waals surface area contributed by atoms with Gasteiger partial charge in [-0.25, -0.2) is 0 Å². The maximum atomic E-state index is 12.9. The molecule has 3 aromatic rings. The largest absolute Gasteiger partial charge is 0.492 e. The maximum absolute atomic E-state index is 12.9. The molecule has 0 saturated heterocycles. The first kappa shape index (κ1) is 19.8. The lowest BCUT2D eigenvalue weighted by molar-refractivity contribution is -0.137. The summed E-state index contributed by atoms with van der Waals surface area (Å²) < 4.78 is 49.7. The number of benzene rings is 2. The second-order valence-corrected chi connectivity index (χ2v) is 6.15. The Bertz CT molecular complexity index is 998. The third kappa shape index (κ3) is 4.31. The number of nitrogens with one attached hydrogen (secondary N) is 1. The number of ether oxygens (including phenoxy) is 1. The number of furan rings is 1. The van der Waals surface area contributed by atoms with Gasteiger partial charge in [0.05, 0.1) is 22.9 Å². The first-order valence-electron chi connectivity index (χ1n) is 8.29. The van der Waals surface area contributed by atoms with Crippen LogP contribution < -0.4 is 10.1 Å². The number of alkyl halides is 3. The summed E-state index contributed by atoms with van der Waals surface area (Å²) in [6, 6.07) is 12.5. The molecule has 4 nitrogen and oxygen atoms in total. The topological polar surface area (TPSA) is 51.5 Å². The van der Waals surface area contributed by atoms with Gasteiger partial charge in [0.15, 0.2) is 5.76 Å². The Morgan fingerprint density at radius 3 is 2.61 bits per heavy atom. The molecule has 0 atom stereocenters. The number of carbonyl (C=O) groups excluding carboxylic acids is 1. The summed E-state index contributed by atoms with van der Waals surface area (Å²) in [5, 5.41) is 2.74. The van der Waals surface area contributed by atoms with Crippen molar-refractivity contribution in [3.05, 3.63) is 70.9 Å². The van der Waals surface area contributed by atoms with E-state index in [-0.39, 0.29) is 22.1 Å². The summed E-state index contributed by atoms with van der Waals surface area (Å²) in [6.45, 7) is 2.24. The van der Waals surface area contributed by atoms with Gasteiger partial charge in [-0.1, -0.05) is 23.7 Å². The van der Waals surface area contributed by atoms with Crippen molar-refractivity contribution in [3.63, 3.8) is 0 Å². The van der Waals surface area contributed by atoms with Gasteiger partial charge in [-0.3, -0.25) is 4.79 Å². The minimum atomic E-state index is -4.52. The number of hydrogen-bond acceptors (Lipinski definition) is 3. The molecular formula is C20H15ClF3NO3. The fourth-order valence-corrected chi connectivity index (χ4v) is 2.74. The van der Waals surface area contributed by atoms with E-state index in [1.807, 2.05) is 6.92 Å². The highest BCUT2D eigenvalue weighted by Crippen LogP contribution is 2.36. The van der Waals surface area contributed by atoms with Gasteiger partial charge in [0.1, 0.15) is 11.5 Å². The molecule has 0 fully saturated rings. The molecule has 0 spiro atoms. The van der Waals surface area contributed by atoms with E-state index in [4.69, 9.17) is 20.8 Å². The number of amides is 1. The summed E-state index contributed by atoms with van der Waals surface area (Å²) in [7, 11) is 0. The molecule has 0 bridgehead atoms. The molecule has 3 rings (SSSR count). The second kappa shape index (κ2) is 7.98. The maximum Gasteiger partial charge on any atom is 0.416 e. The number of halogens is 4. The predicted octanol–water partition coefficient (Wildman–Crippen LogP) is 6.27. The average Bonchev–Trinajstić information content (AvgIpc) is 3.13. The van der Waals surface area contributed by atoms with Crippen molar-refractivity contribution in [2.24, 2.45) is 0 Å². The fraction of sp³-hybridized carbons (Fsp3) is 0.150. The van der Waals surface area contributed by atoms with Crippen molar-refractivity contribution in [1.82, 2.24) is 0 Å². The first-order valence-corrected chi connectivity index (χ1v) is 8.67. The third-order valence-corrected chi connectivity index (χ3v) is 4.15. The SMILES string of the molecule is CCOc1ccccc1NC(=O)c1ccc(-c2cc(C(F)(F)F)ccc2Cl)o1. The van der Waals surface area contributed by atoms with Gasteiger partial charge in [-0.2, -0.15) is 13.2 Å². The number of anilines is 1. The Morgan fingerprint density at radius 1 is 1.14 bits per heavy atom. The summed E-state index contributed by atoms with van der Waals surface area (Å²) in [4.78, 5) is 12.5. The zero-order valence-corrected chi connectivity index (χ0v) is 15.4. The van der Waals surface area contributed by atoms with Crippen LogP contribution in [0.15, 0.2) is 59.0 Å². The molecule has 1 heterocycles. The Hall–Kier alpha value is -2.93. The molecule has 0 unspecified atom stereocenters. The van der Waals surface area contributed by atoms with Crippen LogP contribution in [0.25, 0.3) is 11.3 Å². The minimum Gasteiger partial charge on any atom is -0.492 e. The molecule has 0 saturated carbocycles. The van der Waals surface area contributed by atoms with Crippen molar-refractivity contribution in [1.29, 1.82) is 0 Å². The monoisotopic (exact) mass is 409 g/mol. The molecule has 0 aliphatic heterocycles. The molecular weight excluding hydrogens is 395 g/mol. The number of carbonyl (C=O) groups is 1. The molecule has 1 amide bonds. The summed E-state index contributed by atoms with van der Waals surface area (Å²) in [5.74, 6) is -0.0957. The predicted molar refractivity (Wildman–Crippen MR) is 99.7 cm³/mol. The number of rotatable bonds is 5. The molecule has 1 aromatic heterocycles. The van der Waals surface area contributed by atoms with Crippen LogP contribution in [0.2, 0.25) is 5.02 Å². The zero-order valence-electron chi connectivity index (χ0n) is 14.6. The van der Waals surface area contributed by atoms with Crippen LogP contribution in [-0.2, 0) is 6.18 Å². The van der Waals surface area contributed by atoms with E-state index >= 15 is 0 Å². The van der Waals surface area contributed by atoms with Crippen LogP contribution in [0.1, 0.15) is 23.0 Å². The Balaban J connectivity index is 1.86. The van der Waals surface area contributed by atoms with Crippen molar-refractivity contribution < 1.29 is 27.1 Å². The highest BCUT2D eigenvalue weighted by Gasteiger charge is 2.31. The van der Waals surface area contributed by atoms with E-state index in [9.17, 15) is 18.0 Å². The van der Waals surface area contributed by atoms with Crippen molar-refractivity contribution in [2.45, 2.75) is 13.1 Å². The van der Waals surface area contributed by atoms with Gasteiger partial charge in [0.2, 0.25) is 0 Å². The molecule has 0 aliphatic rings. The molecule has 0 radical (unpaired) electrons. The molecule has 28 heavy (non-hydrogen) atoms. The van der Waals surface area contributed by atoms with E-state index in [0.717, 1.165) is 18.2 Å². The van der Waals surface area contributed by atoms with Gasteiger partial charge in [0.25, 0.3) is 5.91 Å². The minimum absolute atomic E-state index is 0.0465. The van der Waals surface area contributed by atoms with Gasteiger partial charge >= 0.3 is 6.18 Å². The number of para-hydroxylation sites is 2. The van der Waals surface area contributed by atoms with Gasteiger partial charge in [0, 0.05) is 5.56 Å². The molecule has 0 aliphatic carbocycles. The van der Waals surface area contributed by atoms with E-state index in [1.54, 1.807) is 24.3 Å². The first-order chi connectivity index (χ1) is 13.3. The fourth-order valence-electron chi connectivity index (χ4n) is 2.53. The molecule has 1 N–H and O–H groups in total. The van der Waals surface area contributed by atoms with Crippen molar-refractivity contribution >= 4 is 23.2 Å². The van der Waals surface area contributed by atoms with E-state index in [1.165, 1.54) is 12.1 Å². The average molecular weight is 410 g/mol. The van der Waals surface area contributed by atoms with E-state index in [0.29, 0.717) is 18.0 Å². The standard InChI is InChI=1S/C20H15ClF3NO3/c1-2-27-17-6-4-3-5-15(17)25-19(26)18-10-9-16(28-18)13-11-12(20(22,23)24)7-8-14(13)21/h3-11H,2H2,1H3,(H,25,26). The normalized spacial score (nSPS) is 11.3. The number of hydrogen-bond donors (Lipinski definition) is 1. The van der Waals surface area contributed by atoms with Crippen LogP contribution in [0, 0.1) is 0 Å². The molecule has 8 heteroatoms. The third-order valence-electron chi connectivity index (χ3n) is 3.82. The highest BCUT2D eigenvalue weighted by molar-refractivity contribution is 6.33. The molecule has 2 aromatic carbocycles. The van der Waals surface area contributed by atoms with Crippen LogP contribution in [0.3, 0.4) is 0 Å². The molecule has 146 valence electrons. The van der Waals surface area contributed by atoms with Crippen LogP contribution in [-0.4, -0.2) is 12.5 Å². The van der Waals surface area contributed by atoms with Crippen LogP contribution in [0.5, 0.6) is 5.75 Å². The summed E-state index contributed by atoms with van der Waals surface area (Å²) in [5.41, 5.74) is -0.366. The lowest BCUT2D eigenvalue weighted by Gasteiger charge is -2.10. The zero-order chi connectivity index (χ0) is 20.3. The van der Waals surface area contributed by atoms with E-state index in [2.05, 4.69) is 5.32 Å². The summed E-state index contributed by atoms with van der Waals surface area (Å²) in [6.07, 6.45) is -4.52. The van der Waals surface area contributed by atoms with Gasteiger partial charge in [-0.15, -0.1) is 0 Å².